The Bertz CT molecular complexity index is 458. The van der Waals surface area contributed by atoms with Crippen molar-refractivity contribution in [1.82, 2.24) is 0 Å². The maximum absolute atomic E-state index is 2.35. The molecule has 1 aliphatic heterocycles. The van der Waals surface area contributed by atoms with E-state index in [2.05, 4.69) is 60.7 Å². The van der Waals surface area contributed by atoms with Crippen molar-refractivity contribution >= 4 is 29.9 Å². The molecular formula is C17H18Se2. The van der Waals surface area contributed by atoms with Gasteiger partial charge in [0.2, 0.25) is 0 Å². The summed E-state index contributed by atoms with van der Waals surface area (Å²) in [5, 5.41) is 2.86. The second kappa shape index (κ2) is 6.29. The molecule has 0 bridgehead atoms. The molecule has 1 saturated heterocycles. The fourth-order valence-electron chi connectivity index (χ4n) is 2.49. The third-order valence-corrected chi connectivity index (χ3v) is 11.8. The number of hydrogen-bond donors (Lipinski definition) is 0. The standard InChI is InChI=1S/C17H18Se2/c1-3-9-15(10-4-1)17(16-11-5-2-6-12-16)18-13-7-8-14-19-17/h1-6,9-12H,7-8,13-14H2. The van der Waals surface area contributed by atoms with Gasteiger partial charge < -0.3 is 0 Å². The molecule has 0 aliphatic carbocycles. The molecule has 0 radical (unpaired) electrons. The van der Waals surface area contributed by atoms with Crippen LogP contribution in [0.1, 0.15) is 24.0 Å². The Kier molecular flexibility index (Phi) is 4.45. The molecule has 1 heterocycles. The molecule has 3 rings (SSSR count). The number of hydrogen-bond acceptors (Lipinski definition) is 0. The van der Waals surface area contributed by atoms with Crippen LogP contribution in [-0.2, 0) is 3.21 Å². The van der Waals surface area contributed by atoms with Gasteiger partial charge >= 0.3 is 128 Å². The quantitative estimate of drug-likeness (QED) is 0.693. The monoisotopic (exact) mass is 382 g/mol. The molecule has 0 atom stereocenters. The van der Waals surface area contributed by atoms with E-state index in [0.717, 1.165) is 0 Å². The van der Waals surface area contributed by atoms with Crippen molar-refractivity contribution in [3.63, 3.8) is 0 Å². The van der Waals surface area contributed by atoms with E-state index in [-0.39, 0.29) is 0 Å². The van der Waals surface area contributed by atoms with E-state index in [1.54, 1.807) is 11.1 Å². The van der Waals surface area contributed by atoms with Crippen molar-refractivity contribution in [1.29, 1.82) is 0 Å². The molecule has 0 amide bonds. The van der Waals surface area contributed by atoms with Gasteiger partial charge in [0.25, 0.3) is 0 Å². The van der Waals surface area contributed by atoms with Gasteiger partial charge in [0.1, 0.15) is 0 Å². The van der Waals surface area contributed by atoms with Crippen LogP contribution in [0.3, 0.4) is 0 Å². The minimum absolute atomic E-state index is 0.374. The molecule has 0 saturated carbocycles. The van der Waals surface area contributed by atoms with Crippen molar-refractivity contribution in [2.75, 3.05) is 0 Å². The van der Waals surface area contributed by atoms with Crippen LogP contribution in [0.15, 0.2) is 60.7 Å². The van der Waals surface area contributed by atoms with Crippen LogP contribution >= 0.6 is 0 Å². The van der Waals surface area contributed by atoms with Gasteiger partial charge in [0.05, 0.1) is 0 Å². The molecule has 0 N–H and O–H groups in total. The van der Waals surface area contributed by atoms with E-state index in [1.807, 2.05) is 0 Å². The molecule has 1 fully saturated rings. The van der Waals surface area contributed by atoms with Crippen LogP contribution in [0.4, 0.5) is 0 Å². The summed E-state index contributed by atoms with van der Waals surface area (Å²) in [6.45, 7) is 0. The zero-order valence-electron chi connectivity index (χ0n) is 10.9. The van der Waals surface area contributed by atoms with Crippen molar-refractivity contribution in [3.8, 4) is 0 Å². The van der Waals surface area contributed by atoms with Gasteiger partial charge in [-0.05, 0) is 0 Å². The molecule has 2 aromatic rings. The van der Waals surface area contributed by atoms with Crippen LogP contribution < -0.4 is 0 Å². The topological polar surface area (TPSA) is 0 Å². The molecular weight excluding hydrogens is 362 g/mol. The van der Waals surface area contributed by atoms with E-state index >= 15 is 0 Å². The normalized spacial score (nSPS) is 18.7. The average Bonchev–Trinajstić information content (AvgIpc) is 2.76. The van der Waals surface area contributed by atoms with Gasteiger partial charge in [0, 0.05) is 0 Å². The summed E-state index contributed by atoms with van der Waals surface area (Å²) in [7, 11) is 0. The molecule has 1 aliphatic rings. The Labute approximate surface area is 128 Å². The minimum atomic E-state index is 0.374. The van der Waals surface area contributed by atoms with Crippen LogP contribution in [0.2, 0.25) is 10.6 Å². The van der Waals surface area contributed by atoms with E-state index in [9.17, 15) is 0 Å². The van der Waals surface area contributed by atoms with Gasteiger partial charge in [-0.3, -0.25) is 0 Å². The Morgan fingerprint density at radius 1 is 0.632 bits per heavy atom. The van der Waals surface area contributed by atoms with E-state index in [4.69, 9.17) is 0 Å². The first kappa shape index (κ1) is 13.5. The van der Waals surface area contributed by atoms with E-state index in [0.29, 0.717) is 33.1 Å². The molecule has 0 unspecified atom stereocenters. The molecule has 2 heteroatoms. The average molecular weight is 380 g/mol. The van der Waals surface area contributed by atoms with Gasteiger partial charge in [-0.1, -0.05) is 0 Å². The maximum atomic E-state index is 2.35. The van der Waals surface area contributed by atoms with Crippen molar-refractivity contribution in [2.45, 2.75) is 26.7 Å². The predicted octanol–water partition coefficient (Wildman–Crippen LogP) is 3.93. The molecule has 19 heavy (non-hydrogen) atoms. The summed E-state index contributed by atoms with van der Waals surface area (Å²) in [4.78, 5) is 0. The molecule has 0 nitrogen and oxygen atoms in total. The van der Waals surface area contributed by atoms with Crippen LogP contribution in [0.25, 0.3) is 0 Å². The van der Waals surface area contributed by atoms with Crippen LogP contribution in [0.5, 0.6) is 0 Å². The first-order valence-electron chi connectivity index (χ1n) is 6.81. The van der Waals surface area contributed by atoms with Crippen molar-refractivity contribution in [3.05, 3.63) is 71.8 Å². The summed E-state index contributed by atoms with van der Waals surface area (Å²) < 4.78 is 0.374. The number of rotatable bonds is 2. The second-order valence-electron chi connectivity index (χ2n) is 4.75. The Morgan fingerprint density at radius 2 is 1.05 bits per heavy atom. The summed E-state index contributed by atoms with van der Waals surface area (Å²) in [5.41, 5.74) is 3.12. The van der Waals surface area contributed by atoms with E-state index < -0.39 is 0 Å². The first-order valence-corrected chi connectivity index (χ1v) is 10.9. The van der Waals surface area contributed by atoms with Gasteiger partial charge in [-0.25, -0.2) is 0 Å². The SMILES string of the molecule is c1ccc(C2(c3ccccc3)[Se]CCCC[Se]2)cc1. The van der Waals surface area contributed by atoms with Crippen molar-refractivity contribution < 1.29 is 0 Å². The zero-order chi connectivity index (χ0) is 13.0. The molecule has 2 aromatic carbocycles. The number of benzene rings is 2. The predicted molar refractivity (Wildman–Crippen MR) is 84.0 cm³/mol. The fourth-order valence-corrected chi connectivity index (χ4v) is 10.6. The summed E-state index contributed by atoms with van der Waals surface area (Å²) in [6, 6.07) is 22.5. The molecule has 98 valence electrons. The summed E-state index contributed by atoms with van der Waals surface area (Å²) >= 11 is 1.37. The summed E-state index contributed by atoms with van der Waals surface area (Å²) in [6.07, 6.45) is 2.87. The molecule has 0 aromatic heterocycles. The van der Waals surface area contributed by atoms with Gasteiger partial charge in [0.15, 0.2) is 0 Å². The van der Waals surface area contributed by atoms with Crippen LogP contribution in [-0.4, -0.2) is 29.9 Å². The Morgan fingerprint density at radius 3 is 1.47 bits per heavy atom. The second-order valence-corrected chi connectivity index (χ2v) is 11.6. The van der Waals surface area contributed by atoms with Gasteiger partial charge in [-0.15, -0.1) is 0 Å². The van der Waals surface area contributed by atoms with E-state index in [1.165, 1.54) is 23.5 Å². The third kappa shape index (κ3) is 2.83. The third-order valence-electron chi connectivity index (χ3n) is 3.46. The van der Waals surface area contributed by atoms with Gasteiger partial charge in [-0.2, -0.15) is 0 Å². The Balaban J connectivity index is 2.09. The zero-order valence-corrected chi connectivity index (χ0v) is 14.3. The van der Waals surface area contributed by atoms with Crippen LogP contribution in [0, 0.1) is 0 Å². The fraction of sp³-hybridized carbons (Fsp3) is 0.294. The first-order chi connectivity index (χ1) is 9.42. The van der Waals surface area contributed by atoms with Crippen molar-refractivity contribution in [2.24, 2.45) is 0 Å². The summed E-state index contributed by atoms with van der Waals surface area (Å²) in [5.74, 6) is 0. The Hall–Kier alpha value is -0.521. The molecule has 0 spiro atoms.